The van der Waals surface area contributed by atoms with Crippen LogP contribution in [-0.2, 0) is 0 Å². The zero-order valence-corrected chi connectivity index (χ0v) is 13.2. The van der Waals surface area contributed by atoms with Gasteiger partial charge in [-0.3, -0.25) is 10.1 Å². The van der Waals surface area contributed by atoms with Gasteiger partial charge in [-0.1, -0.05) is 19.9 Å². The maximum atomic E-state index is 10.9. The number of ether oxygens (including phenoxy) is 1. The Labute approximate surface area is 132 Å². The average Bonchev–Trinajstić information content (AvgIpc) is 2.71. The van der Waals surface area contributed by atoms with Crippen molar-refractivity contribution >= 4 is 22.2 Å². The average molecular weight is 301 g/mol. The highest BCUT2D eigenvalue weighted by atomic mass is 27.1. The molecular formula is C14H16AlN3O3. The van der Waals surface area contributed by atoms with E-state index in [9.17, 15) is 10.1 Å². The number of hydrogen-bond acceptors (Lipinski definition) is 5. The van der Waals surface area contributed by atoms with Gasteiger partial charge in [0, 0.05) is 12.0 Å². The predicted molar refractivity (Wildman–Crippen MR) is 77.9 cm³/mol. The molecule has 0 spiro atoms. The summed E-state index contributed by atoms with van der Waals surface area (Å²) in [6.07, 6.45) is 1.00. The number of benzene rings is 1. The van der Waals surface area contributed by atoms with E-state index >= 15 is 0 Å². The molecule has 0 aliphatic carbocycles. The first-order valence-corrected chi connectivity index (χ1v) is 7.30. The summed E-state index contributed by atoms with van der Waals surface area (Å²) in [5, 5.41) is 20.1. The number of nitriles is 1. The minimum atomic E-state index is -0.559. The van der Waals surface area contributed by atoms with Crippen LogP contribution < -0.4 is 4.74 Å². The number of nitro groups is 1. The van der Waals surface area contributed by atoms with E-state index in [-0.39, 0.29) is 17.0 Å². The largest absolute Gasteiger partial charge is 0.492 e. The first-order chi connectivity index (χ1) is 9.95. The van der Waals surface area contributed by atoms with Crippen LogP contribution in [0.1, 0.15) is 25.8 Å². The molecule has 3 unspecified atom stereocenters. The van der Waals surface area contributed by atoms with Crippen LogP contribution in [0.25, 0.3) is 0 Å². The van der Waals surface area contributed by atoms with E-state index in [4.69, 9.17) is 10.00 Å². The molecule has 108 valence electrons. The van der Waals surface area contributed by atoms with Crippen molar-refractivity contribution in [2.75, 3.05) is 6.61 Å². The maximum Gasteiger partial charge on any atom is 0.290 e. The summed E-state index contributed by atoms with van der Waals surface area (Å²) in [7, 11) is 0. The molecule has 2 rings (SSSR count). The molecule has 7 heteroatoms. The lowest BCUT2D eigenvalue weighted by Gasteiger charge is -2.24. The van der Waals surface area contributed by atoms with E-state index in [0.29, 0.717) is 24.6 Å². The molecule has 0 bridgehead atoms. The Morgan fingerprint density at radius 3 is 2.81 bits per heavy atom. The van der Waals surface area contributed by atoms with Crippen molar-refractivity contribution in [2.24, 2.45) is 5.92 Å². The molecule has 0 amide bonds. The molecule has 1 aliphatic rings. The fourth-order valence-electron chi connectivity index (χ4n) is 2.71. The second-order valence-corrected chi connectivity index (χ2v) is 5.96. The lowest BCUT2D eigenvalue weighted by atomic mass is 10.0. The minimum absolute atomic E-state index is 0.0103. The molecule has 0 saturated carbocycles. The summed E-state index contributed by atoms with van der Waals surface area (Å²) in [6, 6.07) is 7.14. The summed E-state index contributed by atoms with van der Waals surface area (Å²) in [5.74, 6) is 0.622. The number of nitrogens with zero attached hydrogens (tertiary/aromatic N) is 3. The second kappa shape index (κ2) is 6.45. The van der Waals surface area contributed by atoms with Crippen LogP contribution in [-0.4, -0.2) is 44.0 Å². The monoisotopic (exact) mass is 301 g/mol. The van der Waals surface area contributed by atoms with Crippen LogP contribution in [0.5, 0.6) is 5.75 Å². The van der Waals surface area contributed by atoms with Gasteiger partial charge in [0.05, 0.1) is 11.5 Å². The lowest BCUT2D eigenvalue weighted by Crippen LogP contribution is -2.32. The molecule has 3 atom stereocenters. The van der Waals surface area contributed by atoms with Crippen molar-refractivity contribution in [1.29, 1.82) is 5.26 Å². The fourth-order valence-corrected chi connectivity index (χ4v) is 3.08. The highest BCUT2D eigenvalue weighted by Gasteiger charge is 2.32. The van der Waals surface area contributed by atoms with Gasteiger partial charge in [-0.25, -0.2) is 0 Å². The molecule has 0 N–H and O–H groups in total. The molecule has 1 aromatic carbocycles. The van der Waals surface area contributed by atoms with Gasteiger partial charge in [0.1, 0.15) is 11.8 Å². The summed E-state index contributed by atoms with van der Waals surface area (Å²) in [5.41, 5.74) is -0.223. The smallest absolute Gasteiger partial charge is 0.290 e. The van der Waals surface area contributed by atoms with Crippen molar-refractivity contribution in [2.45, 2.75) is 32.4 Å². The molecule has 1 aromatic rings. The Kier molecular flexibility index (Phi) is 4.85. The van der Waals surface area contributed by atoms with Crippen molar-refractivity contribution in [1.82, 2.24) is 3.88 Å². The normalized spacial score (nSPS) is 25.5. The molecule has 21 heavy (non-hydrogen) atoms. The molecule has 2 radical (unpaired) electrons. The predicted octanol–water partition coefficient (Wildman–Crippen LogP) is 2.03. The van der Waals surface area contributed by atoms with E-state index in [0.717, 1.165) is 6.42 Å². The van der Waals surface area contributed by atoms with Crippen LogP contribution in [0.4, 0.5) is 5.69 Å². The van der Waals surface area contributed by atoms with E-state index in [1.807, 2.05) is 6.07 Å². The van der Waals surface area contributed by atoms with Gasteiger partial charge < -0.3 is 8.62 Å². The third kappa shape index (κ3) is 3.19. The van der Waals surface area contributed by atoms with Gasteiger partial charge in [-0.15, -0.1) is 0 Å². The molecule has 1 heterocycles. The SMILES string of the molecule is CC1CC(COc2cccc([N+](=O)[O-])c2C#N)C(C)[N]1[Al]. The van der Waals surface area contributed by atoms with Crippen LogP contribution >= 0.6 is 0 Å². The lowest BCUT2D eigenvalue weighted by molar-refractivity contribution is -0.385. The van der Waals surface area contributed by atoms with Gasteiger partial charge in [-0.05, 0) is 24.6 Å². The van der Waals surface area contributed by atoms with Gasteiger partial charge >= 0.3 is 0 Å². The van der Waals surface area contributed by atoms with Crippen LogP contribution in [0, 0.1) is 27.4 Å². The molecule has 0 aromatic heterocycles. The zero-order chi connectivity index (χ0) is 15.6. The van der Waals surface area contributed by atoms with Gasteiger partial charge in [-0.2, -0.15) is 5.26 Å². The molecule has 1 aliphatic heterocycles. The van der Waals surface area contributed by atoms with Crippen molar-refractivity contribution in [3.63, 3.8) is 0 Å². The highest BCUT2D eigenvalue weighted by molar-refractivity contribution is 6.05. The minimum Gasteiger partial charge on any atom is -0.492 e. The fraction of sp³-hybridized carbons (Fsp3) is 0.500. The molecule has 6 nitrogen and oxygen atoms in total. The Morgan fingerprint density at radius 2 is 2.29 bits per heavy atom. The first kappa shape index (κ1) is 15.8. The van der Waals surface area contributed by atoms with Crippen molar-refractivity contribution in [3.8, 4) is 11.8 Å². The van der Waals surface area contributed by atoms with Crippen LogP contribution in [0.2, 0.25) is 0 Å². The van der Waals surface area contributed by atoms with Crippen LogP contribution in [0.3, 0.4) is 0 Å². The van der Waals surface area contributed by atoms with Crippen molar-refractivity contribution < 1.29 is 9.66 Å². The number of rotatable bonds is 4. The summed E-state index contributed by atoms with van der Waals surface area (Å²) in [4.78, 5) is 10.4. The van der Waals surface area contributed by atoms with Gasteiger partial charge in [0.15, 0.2) is 5.56 Å². The Morgan fingerprint density at radius 1 is 1.57 bits per heavy atom. The Bertz CT molecular complexity index is 587. The topological polar surface area (TPSA) is 79.4 Å². The molecule has 1 fully saturated rings. The molecular weight excluding hydrogens is 285 g/mol. The van der Waals surface area contributed by atoms with E-state index in [2.05, 4.69) is 34.2 Å². The summed E-state index contributed by atoms with van der Waals surface area (Å²) >= 11 is 2.73. The standard InChI is InChI=1S/C14H16N3O3.Al/c1-9-6-11(10(2)16-9)8-20-14-5-3-4-13(17(18)19)12(14)7-15;/h3-5,9-11H,6,8H2,1-2H3;/q-1;+1. The van der Waals surface area contributed by atoms with E-state index in [1.165, 1.54) is 12.1 Å². The Hall–Kier alpha value is -1.60. The zero-order valence-electron chi connectivity index (χ0n) is 12.0. The van der Waals surface area contributed by atoms with Crippen molar-refractivity contribution in [3.05, 3.63) is 33.9 Å². The van der Waals surface area contributed by atoms with E-state index < -0.39 is 4.92 Å². The third-order valence-electron chi connectivity index (χ3n) is 4.07. The van der Waals surface area contributed by atoms with Gasteiger partial charge in [0.25, 0.3) is 22.2 Å². The first-order valence-electron chi connectivity index (χ1n) is 6.79. The summed E-state index contributed by atoms with van der Waals surface area (Å²) in [6.45, 7) is 4.73. The quantitative estimate of drug-likeness (QED) is 0.483. The summed E-state index contributed by atoms with van der Waals surface area (Å²) < 4.78 is 7.92. The van der Waals surface area contributed by atoms with Gasteiger partial charge in [0.2, 0.25) is 0 Å². The van der Waals surface area contributed by atoms with Crippen LogP contribution in [0.15, 0.2) is 18.2 Å². The second-order valence-electron chi connectivity index (χ2n) is 5.36. The van der Waals surface area contributed by atoms with E-state index in [1.54, 1.807) is 6.07 Å². The number of hydrogen-bond donors (Lipinski definition) is 0. The maximum absolute atomic E-state index is 10.9. The third-order valence-corrected chi connectivity index (χ3v) is 5.05. The number of nitro benzene ring substituents is 1. The molecule has 1 saturated heterocycles. The Balaban J connectivity index is 2.13. The highest BCUT2D eigenvalue weighted by Crippen LogP contribution is 2.31.